The van der Waals surface area contributed by atoms with Gasteiger partial charge in [-0.2, -0.15) is 0 Å². The molecule has 5 heteroatoms. The maximum absolute atomic E-state index is 12.7. The molecule has 26 heavy (non-hydrogen) atoms. The zero-order valence-corrected chi connectivity index (χ0v) is 15.5. The van der Waals surface area contributed by atoms with Gasteiger partial charge in [0.15, 0.2) is 0 Å². The second-order valence-electron chi connectivity index (χ2n) is 6.52. The summed E-state index contributed by atoms with van der Waals surface area (Å²) in [7, 11) is 1.58. The van der Waals surface area contributed by atoms with E-state index in [9.17, 15) is 9.59 Å². The average Bonchev–Trinajstić information content (AvgIpc) is 3.06. The molecule has 0 fully saturated rings. The highest BCUT2D eigenvalue weighted by Crippen LogP contribution is 2.31. The molecular formula is C21H24N2O3. The van der Waals surface area contributed by atoms with Gasteiger partial charge >= 0.3 is 0 Å². The molecule has 0 aliphatic carbocycles. The first-order valence-corrected chi connectivity index (χ1v) is 8.82. The summed E-state index contributed by atoms with van der Waals surface area (Å²) in [4.78, 5) is 28.4. The van der Waals surface area contributed by atoms with Crippen LogP contribution in [-0.4, -0.2) is 32.0 Å². The summed E-state index contributed by atoms with van der Waals surface area (Å²) >= 11 is 0. The molecule has 0 atom stereocenters. The van der Waals surface area contributed by atoms with Crippen molar-refractivity contribution in [2.75, 3.05) is 30.0 Å². The minimum absolute atomic E-state index is 0.0350. The molecule has 1 aliphatic heterocycles. The highest BCUT2D eigenvalue weighted by Gasteiger charge is 2.25. The van der Waals surface area contributed by atoms with Crippen molar-refractivity contribution in [1.29, 1.82) is 0 Å². The van der Waals surface area contributed by atoms with Crippen LogP contribution in [0.5, 0.6) is 5.75 Å². The molecule has 3 rings (SSSR count). The van der Waals surface area contributed by atoms with Gasteiger partial charge in [0.1, 0.15) is 5.75 Å². The lowest BCUT2D eigenvalue weighted by molar-refractivity contribution is -0.118. The zero-order chi connectivity index (χ0) is 18.7. The van der Waals surface area contributed by atoms with Crippen molar-refractivity contribution in [2.24, 2.45) is 0 Å². The molecule has 2 aromatic carbocycles. The molecule has 2 aromatic rings. The van der Waals surface area contributed by atoms with Gasteiger partial charge in [0.05, 0.1) is 12.8 Å². The number of aryl methyl sites for hydroxylation is 1. The summed E-state index contributed by atoms with van der Waals surface area (Å²) in [5, 5.41) is 0. The van der Waals surface area contributed by atoms with Gasteiger partial charge in [0.25, 0.3) is 0 Å². The SMILES string of the molecule is COc1ccc(C)cc1N(CCC(=O)N1CCc2ccccc21)C(C)=O. The van der Waals surface area contributed by atoms with E-state index in [1.54, 1.807) is 12.0 Å². The fraction of sp³-hybridized carbons (Fsp3) is 0.333. The third kappa shape index (κ3) is 3.57. The molecule has 5 nitrogen and oxygen atoms in total. The smallest absolute Gasteiger partial charge is 0.228 e. The zero-order valence-electron chi connectivity index (χ0n) is 15.5. The van der Waals surface area contributed by atoms with Crippen LogP contribution in [0.4, 0.5) is 11.4 Å². The predicted molar refractivity (Wildman–Crippen MR) is 103 cm³/mol. The van der Waals surface area contributed by atoms with Crippen LogP contribution in [0, 0.1) is 6.92 Å². The Bertz CT molecular complexity index is 832. The van der Waals surface area contributed by atoms with Crippen molar-refractivity contribution >= 4 is 23.2 Å². The van der Waals surface area contributed by atoms with Gasteiger partial charge in [-0.1, -0.05) is 24.3 Å². The highest BCUT2D eigenvalue weighted by molar-refractivity contribution is 5.98. The normalized spacial score (nSPS) is 12.7. The van der Waals surface area contributed by atoms with Gasteiger partial charge in [-0.15, -0.1) is 0 Å². The van der Waals surface area contributed by atoms with Crippen LogP contribution in [-0.2, 0) is 16.0 Å². The van der Waals surface area contributed by atoms with Crippen LogP contribution in [0.15, 0.2) is 42.5 Å². The molecule has 1 heterocycles. The molecular weight excluding hydrogens is 328 g/mol. The maximum Gasteiger partial charge on any atom is 0.228 e. The number of carbonyl (C=O) groups is 2. The van der Waals surface area contributed by atoms with Crippen LogP contribution < -0.4 is 14.5 Å². The number of ether oxygens (including phenoxy) is 1. The number of fused-ring (bicyclic) bond motifs is 1. The number of para-hydroxylation sites is 1. The summed E-state index contributed by atoms with van der Waals surface area (Å²) in [5.41, 5.74) is 3.92. The Kier molecular flexibility index (Phi) is 5.26. The van der Waals surface area contributed by atoms with E-state index in [4.69, 9.17) is 4.74 Å². The quantitative estimate of drug-likeness (QED) is 0.829. The predicted octanol–water partition coefficient (Wildman–Crippen LogP) is 3.34. The van der Waals surface area contributed by atoms with E-state index < -0.39 is 0 Å². The first-order valence-electron chi connectivity index (χ1n) is 8.82. The number of nitrogens with zero attached hydrogens (tertiary/aromatic N) is 2. The van der Waals surface area contributed by atoms with Crippen LogP contribution in [0.2, 0.25) is 0 Å². The molecule has 2 amide bonds. The first-order chi connectivity index (χ1) is 12.5. The minimum Gasteiger partial charge on any atom is -0.495 e. The van der Waals surface area contributed by atoms with Gasteiger partial charge in [-0.25, -0.2) is 0 Å². The summed E-state index contributed by atoms with van der Waals surface area (Å²) in [6, 6.07) is 13.7. The molecule has 0 N–H and O–H groups in total. The molecule has 0 aromatic heterocycles. The topological polar surface area (TPSA) is 49.9 Å². The molecule has 136 valence electrons. The Morgan fingerprint density at radius 1 is 1.19 bits per heavy atom. The molecule has 0 saturated heterocycles. The van der Waals surface area contributed by atoms with E-state index in [0.29, 0.717) is 24.5 Å². The van der Waals surface area contributed by atoms with Gasteiger partial charge in [0, 0.05) is 32.1 Å². The Hall–Kier alpha value is -2.82. The van der Waals surface area contributed by atoms with Crippen LogP contribution in [0.3, 0.4) is 0 Å². The van der Waals surface area contributed by atoms with E-state index in [0.717, 1.165) is 17.7 Å². The van der Waals surface area contributed by atoms with Crippen molar-refractivity contribution in [3.63, 3.8) is 0 Å². The second kappa shape index (κ2) is 7.60. The number of methoxy groups -OCH3 is 1. The van der Waals surface area contributed by atoms with Crippen LogP contribution in [0.1, 0.15) is 24.5 Å². The fourth-order valence-electron chi connectivity index (χ4n) is 3.40. The van der Waals surface area contributed by atoms with Crippen molar-refractivity contribution in [1.82, 2.24) is 0 Å². The first kappa shape index (κ1) is 18.0. The Morgan fingerprint density at radius 3 is 2.69 bits per heavy atom. The number of hydrogen-bond donors (Lipinski definition) is 0. The summed E-state index contributed by atoms with van der Waals surface area (Å²) < 4.78 is 5.40. The second-order valence-corrected chi connectivity index (χ2v) is 6.52. The van der Waals surface area contributed by atoms with Gasteiger partial charge < -0.3 is 14.5 Å². The molecule has 0 bridgehead atoms. The number of benzene rings is 2. The Balaban J connectivity index is 1.75. The van der Waals surface area contributed by atoms with E-state index in [2.05, 4.69) is 6.07 Å². The number of rotatable bonds is 5. The highest BCUT2D eigenvalue weighted by atomic mass is 16.5. The van der Waals surface area contributed by atoms with Crippen LogP contribution in [0.25, 0.3) is 0 Å². The van der Waals surface area contributed by atoms with Crippen molar-refractivity contribution in [3.8, 4) is 5.75 Å². The van der Waals surface area contributed by atoms with Gasteiger partial charge in [-0.3, -0.25) is 9.59 Å². The maximum atomic E-state index is 12.7. The molecule has 0 radical (unpaired) electrons. The largest absolute Gasteiger partial charge is 0.495 e. The van der Waals surface area contributed by atoms with Crippen molar-refractivity contribution < 1.29 is 14.3 Å². The number of anilines is 2. The van der Waals surface area contributed by atoms with Crippen molar-refractivity contribution in [2.45, 2.75) is 26.7 Å². The lowest BCUT2D eigenvalue weighted by Crippen LogP contribution is -2.36. The van der Waals surface area contributed by atoms with E-state index in [-0.39, 0.29) is 18.2 Å². The van der Waals surface area contributed by atoms with E-state index >= 15 is 0 Å². The summed E-state index contributed by atoms with van der Waals surface area (Å²) in [5.74, 6) is 0.557. The van der Waals surface area contributed by atoms with E-state index in [1.165, 1.54) is 12.5 Å². The summed E-state index contributed by atoms with van der Waals surface area (Å²) in [6.45, 7) is 4.50. The minimum atomic E-state index is -0.108. The Labute approximate surface area is 154 Å². The average molecular weight is 352 g/mol. The van der Waals surface area contributed by atoms with Gasteiger partial charge in [-0.05, 0) is 42.7 Å². The molecule has 0 unspecified atom stereocenters. The lowest BCUT2D eigenvalue weighted by atomic mass is 10.1. The molecule has 0 saturated carbocycles. The van der Waals surface area contributed by atoms with Gasteiger partial charge in [0.2, 0.25) is 11.8 Å². The number of hydrogen-bond acceptors (Lipinski definition) is 3. The third-order valence-electron chi connectivity index (χ3n) is 4.74. The molecule has 1 aliphatic rings. The summed E-state index contributed by atoms with van der Waals surface area (Å²) in [6.07, 6.45) is 1.15. The number of amides is 2. The van der Waals surface area contributed by atoms with Crippen LogP contribution >= 0.6 is 0 Å². The third-order valence-corrected chi connectivity index (χ3v) is 4.74. The van der Waals surface area contributed by atoms with Crippen molar-refractivity contribution in [3.05, 3.63) is 53.6 Å². The fourth-order valence-corrected chi connectivity index (χ4v) is 3.40. The number of carbonyl (C=O) groups excluding carboxylic acids is 2. The standard InChI is InChI=1S/C21H24N2O3/c1-15-8-9-20(26-3)19(14-15)22(16(2)24)13-11-21(25)23-12-10-17-6-4-5-7-18(17)23/h4-9,14H,10-13H2,1-3H3. The Morgan fingerprint density at radius 2 is 1.96 bits per heavy atom. The lowest BCUT2D eigenvalue weighted by Gasteiger charge is -2.25. The molecule has 0 spiro atoms. The van der Waals surface area contributed by atoms with E-state index in [1.807, 2.05) is 48.2 Å². The monoisotopic (exact) mass is 352 g/mol.